The van der Waals surface area contributed by atoms with E-state index in [1.165, 1.54) is 6.08 Å². The second-order valence-corrected chi connectivity index (χ2v) is 4.18. The van der Waals surface area contributed by atoms with Crippen LogP contribution in [0.1, 0.15) is 27.7 Å². The molecule has 0 aliphatic carbocycles. The Balaban J connectivity index is 4.73. The molecule has 0 aromatic rings. The van der Waals surface area contributed by atoms with Crippen LogP contribution in [0, 0.1) is 11.8 Å². The molecule has 2 heteroatoms. The van der Waals surface area contributed by atoms with Gasteiger partial charge in [0.1, 0.15) is 0 Å². The van der Waals surface area contributed by atoms with Crippen LogP contribution in [0.25, 0.3) is 0 Å². The summed E-state index contributed by atoms with van der Waals surface area (Å²) in [5, 5.41) is 2.80. The Kier molecular flexibility index (Phi) is 5.68. The van der Waals surface area contributed by atoms with Crippen molar-refractivity contribution in [1.29, 1.82) is 0 Å². The predicted molar refractivity (Wildman–Crippen MR) is 65.2 cm³/mol. The van der Waals surface area contributed by atoms with Crippen molar-refractivity contribution in [2.45, 2.75) is 27.7 Å². The summed E-state index contributed by atoms with van der Waals surface area (Å²) in [4.78, 5) is 11.2. The zero-order chi connectivity index (χ0) is 12.0. The lowest BCUT2D eigenvalue weighted by Gasteiger charge is -2.14. The molecule has 0 spiro atoms. The van der Waals surface area contributed by atoms with Crippen molar-refractivity contribution >= 4 is 5.91 Å². The highest BCUT2D eigenvalue weighted by Gasteiger charge is 2.07. The van der Waals surface area contributed by atoms with E-state index in [0.29, 0.717) is 5.92 Å². The van der Waals surface area contributed by atoms with Gasteiger partial charge in [-0.25, -0.2) is 0 Å². The molecule has 1 amide bonds. The molecule has 0 radical (unpaired) electrons. The van der Waals surface area contributed by atoms with Gasteiger partial charge in [0.25, 0.3) is 0 Å². The van der Waals surface area contributed by atoms with Crippen molar-refractivity contribution < 1.29 is 4.79 Å². The second kappa shape index (κ2) is 6.23. The first-order valence-corrected chi connectivity index (χ1v) is 5.22. The number of carbonyl (C=O) groups excluding carboxylic acids is 1. The first kappa shape index (κ1) is 13.7. The lowest BCUT2D eigenvalue weighted by Crippen LogP contribution is -2.23. The number of allylic oxidation sites excluding steroid dienone is 3. The minimum atomic E-state index is -0.175. The van der Waals surface area contributed by atoms with Crippen LogP contribution in [-0.2, 0) is 4.79 Å². The van der Waals surface area contributed by atoms with Crippen LogP contribution >= 0.6 is 0 Å². The Morgan fingerprint density at radius 1 is 1.20 bits per heavy atom. The van der Waals surface area contributed by atoms with E-state index in [0.717, 1.165) is 11.3 Å². The Morgan fingerprint density at radius 2 is 1.73 bits per heavy atom. The van der Waals surface area contributed by atoms with E-state index in [1.54, 1.807) is 0 Å². The van der Waals surface area contributed by atoms with Gasteiger partial charge in [-0.3, -0.25) is 4.79 Å². The lowest BCUT2D eigenvalue weighted by atomic mass is 10.0. The van der Waals surface area contributed by atoms with Crippen molar-refractivity contribution in [3.8, 4) is 0 Å². The van der Waals surface area contributed by atoms with Crippen LogP contribution in [0.5, 0.6) is 0 Å². The zero-order valence-electron chi connectivity index (χ0n) is 10.1. The molecule has 0 aliphatic heterocycles. The molecule has 15 heavy (non-hydrogen) atoms. The van der Waals surface area contributed by atoms with Crippen LogP contribution in [0.4, 0.5) is 0 Å². The highest BCUT2D eigenvalue weighted by Crippen LogP contribution is 2.14. The number of rotatable bonds is 5. The minimum absolute atomic E-state index is 0.175. The van der Waals surface area contributed by atoms with Gasteiger partial charge in [-0.15, -0.1) is 0 Å². The summed E-state index contributed by atoms with van der Waals surface area (Å²) < 4.78 is 0. The van der Waals surface area contributed by atoms with Crippen LogP contribution in [0.15, 0.2) is 36.6 Å². The first-order chi connectivity index (χ1) is 6.88. The van der Waals surface area contributed by atoms with Gasteiger partial charge >= 0.3 is 0 Å². The molecule has 1 N–H and O–H groups in total. The number of hydrogen-bond donors (Lipinski definition) is 1. The molecular formula is C13H21NO. The number of carbonyl (C=O) groups is 1. The monoisotopic (exact) mass is 207 g/mol. The molecule has 0 saturated carbocycles. The van der Waals surface area contributed by atoms with Gasteiger partial charge in [0.2, 0.25) is 5.91 Å². The van der Waals surface area contributed by atoms with Crippen molar-refractivity contribution in [3.63, 3.8) is 0 Å². The highest BCUT2D eigenvalue weighted by atomic mass is 16.1. The molecule has 0 saturated heterocycles. The average Bonchev–Trinajstić information content (AvgIpc) is 2.15. The SMILES string of the molecule is C=CC(=O)N/C(=C\C(=C)C(C)C)C(C)C. The van der Waals surface area contributed by atoms with Crippen molar-refractivity contribution in [2.75, 3.05) is 0 Å². The Hall–Kier alpha value is -1.31. The summed E-state index contributed by atoms with van der Waals surface area (Å²) in [5.41, 5.74) is 1.90. The van der Waals surface area contributed by atoms with Gasteiger partial charge < -0.3 is 5.32 Å². The maximum atomic E-state index is 11.2. The average molecular weight is 207 g/mol. The zero-order valence-corrected chi connectivity index (χ0v) is 10.1. The molecule has 0 aromatic heterocycles. The summed E-state index contributed by atoms with van der Waals surface area (Å²) in [6.07, 6.45) is 3.21. The third-order valence-corrected chi connectivity index (χ3v) is 2.16. The normalized spacial score (nSPS) is 11.7. The third kappa shape index (κ3) is 5.21. The van der Waals surface area contributed by atoms with E-state index in [4.69, 9.17) is 0 Å². The van der Waals surface area contributed by atoms with Gasteiger partial charge in [-0.05, 0) is 24.0 Å². The second-order valence-electron chi connectivity index (χ2n) is 4.18. The van der Waals surface area contributed by atoms with Gasteiger partial charge in [0.05, 0.1) is 0 Å². The summed E-state index contributed by atoms with van der Waals surface area (Å²) in [5.74, 6) is 0.482. The lowest BCUT2D eigenvalue weighted by molar-refractivity contribution is -0.115. The molecule has 0 heterocycles. The fourth-order valence-corrected chi connectivity index (χ4v) is 0.907. The van der Waals surface area contributed by atoms with E-state index in [2.05, 4.69) is 32.3 Å². The minimum Gasteiger partial charge on any atom is -0.326 e. The molecule has 0 fully saturated rings. The van der Waals surface area contributed by atoms with Gasteiger partial charge in [0, 0.05) is 5.70 Å². The number of amides is 1. The number of nitrogens with one attached hydrogen (secondary N) is 1. The first-order valence-electron chi connectivity index (χ1n) is 5.22. The van der Waals surface area contributed by atoms with Crippen molar-refractivity contribution in [2.24, 2.45) is 11.8 Å². The van der Waals surface area contributed by atoms with Crippen molar-refractivity contribution in [3.05, 3.63) is 36.6 Å². The maximum absolute atomic E-state index is 11.2. The molecule has 0 atom stereocenters. The van der Waals surface area contributed by atoms with E-state index < -0.39 is 0 Å². The van der Waals surface area contributed by atoms with E-state index in [-0.39, 0.29) is 11.8 Å². The molecule has 0 aliphatic rings. The highest BCUT2D eigenvalue weighted by molar-refractivity contribution is 5.88. The fraction of sp³-hybridized carbons (Fsp3) is 0.462. The van der Waals surface area contributed by atoms with Gasteiger partial charge in [-0.2, -0.15) is 0 Å². The Bertz CT molecular complexity index is 285. The summed E-state index contributed by atoms with van der Waals surface area (Å²) in [6.45, 7) is 15.6. The quantitative estimate of drug-likeness (QED) is 0.545. The molecule has 0 rings (SSSR count). The van der Waals surface area contributed by atoms with Gasteiger partial charge in [0.15, 0.2) is 0 Å². The van der Waals surface area contributed by atoms with Crippen LogP contribution in [0.2, 0.25) is 0 Å². The summed E-state index contributed by atoms with van der Waals surface area (Å²) in [7, 11) is 0. The van der Waals surface area contributed by atoms with Gasteiger partial charge in [-0.1, -0.05) is 46.4 Å². The van der Waals surface area contributed by atoms with Crippen LogP contribution in [0.3, 0.4) is 0 Å². The molecule has 2 nitrogen and oxygen atoms in total. The predicted octanol–water partition coefficient (Wildman–Crippen LogP) is 3.04. The van der Waals surface area contributed by atoms with E-state index in [1.807, 2.05) is 19.9 Å². The Morgan fingerprint density at radius 3 is 2.07 bits per heavy atom. The Labute approximate surface area is 92.8 Å². The summed E-state index contributed by atoms with van der Waals surface area (Å²) >= 11 is 0. The number of hydrogen-bond acceptors (Lipinski definition) is 1. The fourth-order valence-electron chi connectivity index (χ4n) is 0.907. The molecule has 0 unspecified atom stereocenters. The van der Waals surface area contributed by atoms with E-state index in [9.17, 15) is 4.79 Å². The third-order valence-electron chi connectivity index (χ3n) is 2.16. The standard InChI is InChI=1S/C13H21NO/c1-7-13(15)14-12(10(4)5)8-11(6)9(2)3/h7-10H,1,6H2,2-5H3,(H,14,15)/b12-8-. The molecule has 0 aromatic carbocycles. The molecule has 0 bridgehead atoms. The van der Waals surface area contributed by atoms with Crippen LogP contribution in [-0.4, -0.2) is 5.91 Å². The maximum Gasteiger partial charge on any atom is 0.247 e. The molecule has 84 valence electrons. The summed E-state index contributed by atoms with van der Waals surface area (Å²) in [6, 6.07) is 0. The topological polar surface area (TPSA) is 29.1 Å². The van der Waals surface area contributed by atoms with Crippen molar-refractivity contribution in [1.82, 2.24) is 5.32 Å². The smallest absolute Gasteiger partial charge is 0.247 e. The largest absolute Gasteiger partial charge is 0.326 e. The molecular weight excluding hydrogens is 186 g/mol. The van der Waals surface area contributed by atoms with Crippen LogP contribution < -0.4 is 5.32 Å². The van der Waals surface area contributed by atoms with E-state index >= 15 is 0 Å².